The highest BCUT2D eigenvalue weighted by molar-refractivity contribution is 5.42. The summed E-state index contributed by atoms with van der Waals surface area (Å²) in [5.41, 5.74) is 6.99. The van der Waals surface area contributed by atoms with E-state index in [2.05, 4.69) is 11.8 Å². The van der Waals surface area contributed by atoms with Crippen molar-refractivity contribution in [1.82, 2.24) is 4.90 Å². The first-order valence-corrected chi connectivity index (χ1v) is 6.58. The van der Waals surface area contributed by atoms with Gasteiger partial charge in [-0.3, -0.25) is 4.90 Å². The van der Waals surface area contributed by atoms with Gasteiger partial charge in [-0.05, 0) is 24.6 Å². The van der Waals surface area contributed by atoms with E-state index < -0.39 is 0 Å². The van der Waals surface area contributed by atoms with Crippen LogP contribution in [0.25, 0.3) is 0 Å². The Kier molecular flexibility index (Phi) is 4.63. The van der Waals surface area contributed by atoms with Gasteiger partial charge in [0, 0.05) is 25.7 Å². The van der Waals surface area contributed by atoms with Crippen LogP contribution >= 0.6 is 0 Å². The van der Waals surface area contributed by atoms with Gasteiger partial charge >= 0.3 is 0 Å². The van der Waals surface area contributed by atoms with Gasteiger partial charge in [-0.1, -0.05) is 6.07 Å². The molecule has 2 rings (SSSR count). The number of methoxy groups -OCH3 is 1. The van der Waals surface area contributed by atoms with Crippen molar-refractivity contribution in [3.8, 4) is 11.5 Å². The summed E-state index contributed by atoms with van der Waals surface area (Å²) in [4.78, 5) is 2.32. The molecule has 5 heteroatoms. The van der Waals surface area contributed by atoms with Crippen molar-refractivity contribution < 1.29 is 14.6 Å². The van der Waals surface area contributed by atoms with E-state index in [0.29, 0.717) is 12.3 Å². The molecule has 0 bridgehead atoms. The van der Waals surface area contributed by atoms with Crippen molar-refractivity contribution in [2.45, 2.75) is 19.1 Å². The summed E-state index contributed by atoms with van der Waals surface area (Å²) in [5, 5.41) is 9.65. The summed E-state index contributed by atoms with van der Waals surface area (Å²) in [5.74, 6) is 0.634. The Morgan fingerprint density at radius 3 is 3.00 bits per heavy atom. The molecule has 2 unspecified atom stereocenters. The molecule has 0 saturated carbocycles. The first kappa shape index (κ1) is 14.1. The second kappa shape index (κ2) is 6.23. The molecule has 0 aromatic heterocycles. The molecule has 1 heterocycles. The van der Waals surface area contributed by atoms with Crippen molar-refractivity contribution in [1.29, 1.82) is 0 Å². The molecule has 1 aromatic carbocycles. The van der Waals surface area contributed by atoms with Crippen LogP contribution in [0.1, 0.15) is 18.5 Å². The number of benzene rings is 1. The Labute approximate surface area is 113 Å². The topological polar surface area (TPSA) is 68.0 Å². The second-order valence-electron chi connectivity index (χ2n) is 4.86. The number of nitrogens with two attached hydrogens (primary N) is 1. The van der Waals surface area contributed by atoms with Gasteiger partial charge in [0.15, 0.2) is 11.5 Å². The van der Waals surface area contributed by atoms with Gasteiger partial charge in [-0.15, -0.1) is 0 Å². The predicted molar refractivity (Wildman–Crippen MR) is 73.4 cm³/mol. The van der Waals surface area contributed by atoms with Crippen molar-refractivity contribution in [3.63, 3.8) is 0 Å². The average Bonchev–Trinajstić information content (AvgIpc) is 2.41. The van der Waals surface area contributed by atoms with Gasteiger partial charge < -0.3 is 20.3 Å². The summed E-state index contributed by atoms with van der Waals surface area (Å²) >= 11 is 0. The number of hydrogen-bond donors (Lipinski definition) is 2. The summed E-state index contributed by atoms with van der Waals surface area (Å²) in [6, 6.07) is 5.53. The van der Waals surface area contributed by atoms with Crippen LogP contribution in [0.15, 0.2) is 18.2 Å². The Balaban J connectivity index is 2.21. The summed E-state index contributed by atoms with van der Waals surface area (Å²) in [6.45, 7) is 5.06. The van der Waals surface area contributed by atoms with E-state index in [-0.39, 0.29) is 17.9 Å². The number of nitrogens with zero attached hydrogens (tertiary/aromatic N) is 1. The Hall–Kier alpha value is -1.30. The molecule has 5 nitrogen and oxygen atoms in total. The minimum Gasteiger partial charge on any atom is -0.504 e. The normalized spacial score (nSPS) is 22.2. The fraction of sp³-hybridized carbons (Fsp3) is 0.571. The van der Waals surface area contributed by atoms with E-state index in [1.165, 1.54) is 0 Å². The molecule has 1 saturated heterocycles. The lowest BCUT2D eigenvalue weighted by Crippen LogP contribution is -2.45. The highest BCUT2D eigenvalue weighted by Gasteiger charge is 2.25. The summed E-state index contributed by atoms with van der Waals surface area (Å²) in [6.07, 6.45) is 0.224. The smallest absolute Gasteiger partial charge is 0.160 e. The van der Waals surface area contributed by atoms with Crippen molar-refractivity contribution in [3.05, 3.63) is 23.8 Å². The highest BCUT2D eigenvalue weighted by atomic mass is 16.5. The Morgan fingerprint density at radius 1 is 1.58 bits per heavy atom. The van der Waals surface area contributed by atoms with Crippen molar-refractivity contribution in [2.24, 2.45) is 5.73 Å². The van der Waals surface area contributed by atoms with E-state index in [4.69, 9.17) is 15.2 Å². The zero-order valence-corrected chi connectivity index (χ0v) is 11.5. The van der Waals surface area contributed by atoms with Gasteiger partial charge in [-0.25, -0.2) is 0 Å². The standard InChI is InChI=1S/C14H22N2O3/c1-10-9-16(5-6-19-10)12(8-15)11-3-4-13(17)14(7-11)18-2/h3-4,7,10,12,17H,5-6,8-9,15H2,1-2H3. The van der Waals surface area contributed by atoms with Crippen molar-refractivity contribution in [2.75, 3.05) is 33.4 Å². The SMILES string of the molecule is COc1cc(C(CN)N2CCOC(C)C2)ccc1O. The maximum absolute atomic E-state index is 9.65. The van der Waals surface area contributed by atoms with Gasteiger partial charge in [0.2, 0.25) is 0 Å². The molecule has 1 aliphatic heterocycles. The molecule has 106 valence electrons. The quantitative estimate of drug-likeness (QED) is 0.855. The maximum atomic E-state index is 9.65. The number of ether oxygens (including phenoxy) is 2. The van der Waals surface area contributed by atoms with Crippen LogP contribution in [0.2, 0.25) is 0 Å². The largest absolute Gasteiger partial charge is 0.504 e. The molecule has 1 aliphatic rings. The molecule has 0 spiro atoms. The molecule has 2 atom stereocenters. The lowest BCUT2D eigenvalue weighted by atomic mass is 10.0. The molecule has 0 radical (unpaired) electrons. The molecule has 0 aliphatic carbocycles. The zero-order valence-electron chi connectivity index (χ0n) is 11.5. The third kappa shape index (κ3) is 3.18. The number of aromatic hydroxyl groups is 1. The minimum atomic E-state index is 0.126. The maximum Gasteiger partial charge on any atom is 0.160 e. The number of phenols is 1. The number of phenolic OH excluding ortho intramolecular Hbond substituents is 1. The number of hydrogen-bond acceptors (Lipinski definition) is 5. The summed E-state index contributed by atoms with van der Waals surface area (Å²) < 4.78 is 10.7. The second-order valence-corrected chi connectivity index (χ2v) is 4.86. The molecule has 1 aromatic rings. The molecular formula is C14H22N2O3. The molecule has 1 fully saturated rings. The van der Waals surface area contributed by atoms with E-state index in [0.717, 1.165) is 25.3 Å². The number of morpholine rings is 1. The van der Waals surface area contributed by atoms with Crippen LogP contribution in [0, 0.1) is 0 Å². The van der Waals surface area contributed by atoms with Gasteiger partial charge in [0.1, 0.15) is 0 Å². The third-order valence-corrected chi connectivity index (χ3v) is 3.53. The first-order chi connectivity index (χ1) is 9.15. The van der Waals surface area contributed by atoms with Crippen molar-refractivity contribution >= 4 is 0 Å². The monoisotopic (exact) mass is 266 g/mol. The fourth-order valence-corrected chi connectivity index (χ4v) is 2.53. The van der Waals surface area contributed by atoms with E-state index in [9.17, 15) is 5.11 Å². The van der Waals surface area contributed by atoms with Crippen LogP contribution in [0.3, 0.4) is 0 Å². The van der Waals surface area contributed by atoms with Gasteiger partial charge in [-0.2, -0.15) is 0 Å². The highest BCUT2D eigenvalue weighted by Crippen LogP contribution is 2.31. The third-order valence-electron chi connectivity index (χ3n) is 3.53. The van der Waals surface area contributed by atoms with Crippen LogP contribution in [-0.2, 0) is 4.74 Å². The zero-order chi connectivity index (χ0) is 13.8. The van der Waals surface area contributed by atoms with E-state index in [1.807, 2.05) is 12.1 Å². The summed E-state index contributed by atoms with van der Waals surface area (Å²) in [7, 11) is 1.55. The Morgan fingerprint density at radius 2 is 2.37 bits per heavy atom. The van der Waals surface area contributed by atoms with E-state index in [1.54, 1.807) is 13.2 Å². The predicted octanol–water partition coefficient (Wildman–Crippen LogP) is 1.12. The van der Waals surface area contributed by atoms with Crippen LogP contribution < -0.4 is 10.5 Å². The molecule has 19 heavy (non-hydrogen) atoms. The van der Waals surface area contributed by atoms with Crippen LogP contribution in [-0.4, -0.2) is 49.5 Å². The lowest BCUT2D eigenvalue weighted by Gasteiger charge is -2.37. The Bertz CT molecular complexity index is 425. The van der Waals surface area contributed by atoms with Crippen LogP contribution in [0.5, 0.6) is 11.5 Å². The molecule has 3 N–H and O–H groups in total. The van der Waals surface area contributed by atoms with Crippen LogP contribution in [0.4, 0.5) is 0 Å². The molecule has 0 amide bonds. The number of rotatable bonds is 4. The average molecular weight is 266 g/mol. The van der Waals surface area contributed by atoms with Gasteiger partial charge in [0.25, 0.3) is 0 Å². The minimum absolute atomic E-state index is 0.126. The van der Waals surface area contributed by atoms with E-state index >= 15 is 0 Å². The molecular weight excluding hydrogens is 244 g/mol. The fourth-order valence-electron chi connectivity index (χ4n) is 2.53. The first-order valence-electron chi connectivity index (χ1n) is 6.58. The van der Waals surface area contributed by atoms with Gasteiger partial charge in [0.05, 0.1) is 19.8 Å². The lowest BCUT2D eigenvalue weighted by molar-refractivity contribution is -0.0333.